The van der Waals surface area contributed by atoms with Gasteiger partial charge in [0.1, 0.15) is 0 Å². The molecule has 0 radical (unpaired) electrons. The van der Waals surface area contributed by atoms with Gasteiger partial charge in [-0.25, -0.2) is 13.1 Å². The van der Waals surface area contributed by atoms with E-state index in [-0.39, 0.29) is 22.8 Å². The lowest BCUT2D eigenvalue weighted by atomic mass is 10.1. The number of sulfonamides is 1. The van der Waals surface area contributed by atoms with Crippen molar-refractivity contribution in [2.24, 2.45) is 0 Å². The van der Waals surface area contributed by atoms with E-state index in [1.165, 1.54) is 12.1 Å². The van der Waals surface area contributed by atoms with Gasteiger partial charge in [0.15, 0.2) is 0 Å². The minimum Gasteiger partial charge on any atom is -0.322 e. The van der Waals surface area contributed by atoms with Gasteiger partial charge in [-0.2, -0.15) is 0 Å². The molecule has 0 unspecified atom stereocenters. The SMILES string of the molecule is CC(C)NS(=O)(=O)c1ccc(NC(=O)c2ccc(N3CCCC3=O)cc2)cc1. The number of carbonyl (C=O) groups is 2. The van der Waals surface area contributed by atoms with Crippen molar-refractivity contribution < 1.29 is 18.0 Å². The number of hydrogen-bond donors (Lipinski definition) is 2. The summed E-state index contributed by atoms with van der Waals surface area (Å²) < 4.78 is 26.8. The molecule has 8 heteroatoms. The fourth-order valence-electron chi connectivity index (χ4n) is 3.01. The van der Waals surface area contributed by atoms with E-state index in [1.807, 2.05) is 0 Å². The molecule has 0 bridgehead atoms. The van der Waals surface area contributed by atoms with E-state index in [1.54, 1.807) is 55.1 Å². The first-order valence-electron chi connectivity index (χ1n) is 9.10. The molecule has 2 aromatic rings. The largest absolute Gasteiger partial charge is 0.322 e. The van der Waals surface area contributed by atoms with E-state index in [9.17, 15) is 18.0 Å². The summed E-state index contributed by atoms with van der Waals surface area (Å²) >= 11 is 0. The Bertz CT molecular complexity index is 968. The molecule has 0 spiro atoms. The van der Waals surface area contributed by atoms with Gasteiger partial charge >= 0.3 is 0 Å². The van der Waals surface area contributed by atoms with Crippen LogP contribution in [0.25, 0.3) is 0 Å². The van der Waals surface area contributed by atoms with Crippen LogP contribution in [0, 0.1) is 0 Å². The van der Waals surface area contributed by atoms with Gasteiger partial charge < -0.3 is 10.2 Å². The van der Waals surface area contributed by atoms with Crippen molar-refractivity contribution in [1.29, 1.82) is 0 Å². The highest BCUT2D eigenvalue weighted by Crippen LogP contribution is 2.22. The summed E-state index contributed by atoms with van der Waals surface area (Å²) in [5, 5.41) is 2.74. The normalized spacial score (nSPS) is 14.5. The zero-order chi connectivity index (χ0) is 20.3. The average Bonchev–Trinajstić information content (AvgIpc) is 3.07. The quantitative estimate of drug-likeness (QED) is 0.778. The van der Waals surface area contributed by atoms with Crippen LogP contribution in [-0.2, 0) is 14.8 Å². The summed E-state index contributed by atoms with van der Waals surface area (Å²) in [5.41, 5.74) is 1.73. The monoisotopic (exact) mass is 401 g/mol. The van der Waals surface area contributed by atoms with Crippen molar-refractivity contribution in [3.63, 3.8) is 0 Å². The minimum absolute atomic E-state index is 0.0965. The lowest BCUT2D eigenvalue weighted by Gasteiger charge is -2.16. The Morgan fingerprint density at radius 1 is 1.04 bits per heavy atom. The number of rotatable bonds is 6. The standard InChI is InChI=1S/C20H23N3O4S/c1-14(2)22-28(26,27)18-11-7-16(8-12-18)21-20(25)15-5-9-17(10-6-15)23-13-3-4-19(23)24/h5-12,14,22H,3-4,13H2,1-2H3,(H,21,25). The van der Waals surface area contributed by atoms with Crippen molar-refractivity contribution in [2.45, 2.75) is 37.6 Å². The van der Waals surface area contributed by atoms with Crippen LogP contribution in [-0.4, -0.2) is 32.8 Å². The molecule has 3 rings (SSSR count). The van der Waals surface area contributed by atoms with Crippen molar-refractivity contribution in [2.75, 3.05) is 16.8 Å². The molecule has 0 aromatic heterocycles. The number of nitrogens with one attached hydrogen (secondary N) is 2. The molecule has 28 heavy (non-hydrogen) atoms. The maximum atomic E-state index is 12.4. The van der Waals surface area contributed by atoms with Crippen LogP contribution in [0.1, 0.15) is 37.0 Å². The van der Waals surface area contributed by atoms with E-state index >= 15 is 0 Å². The molecular formula is C20H23N3O4S. The maximum Gasteiger partial charge on any atom is 0.255 e. The molecule has 1 saturated heterocycles. The van der Waals surface area contributed by atoms with Crippen LogP contribution >= 0.6 is 0 Å². The van der Waals surface area contributed by atoms with Gasteiger partial charge in [0.05, 0.1) is 4.90 Å². The Morgan fingerprint density at radius 3 is 2.21 bits per heavy atom. The third-order valence-electron chi connectivity index (χ3n) is 4.33. The summed E-state index contributed by atoms with van der Waals surface area (Å²) in [6.07, 6.45) is 1.40. The summed E-state index contributed by atoms with van der Waals surface area (Å²) in [5.74, 6) is -0.214. The van der Waals surface area contributed by atoms with Crippen LogP contribution in [0.5, 0.6) is 0 Å². The molecule has 1 aliphatic rings. The Kier molecular flexibility index (Phi) is 5.81. The Morgan fingerprint density at radius 2 is 1.68 bits per heavy atom. The second-order valence-corrected chi connectivity index (χ2v) is 8.66. The van der Waals surface area contributed by atoms with Crippen molar-refractivity contribution in [1.82, 2.24) is 4.72 Å². The predicted molar refractivity (Wildman–Crippen MR) is 108 cm³/mol. The summed E-state index contributed by atoms with van der Waals surface area (Å²) in [6, 6.07) is 12.6. The first-order valence-corrected chi connectivity index (χ1v) is 10.6. The molecule has 148 valence electrons. The Hall–Kier alpha value is -2.71. The van der Waals surface area contributed by atoms with Crippen LogP contribution in [0.3, 0.4) is 0 Å². The molecule has 0 atom stereocenters. The van der Waals surface area contributed by atoms with Crippen LogP contribution in [0.2, 0.25) is 0 Å². The van der Waals surface area contributed by atoms with Crippen molar-refractivity contribution >= 4 is 33.2 Å². The maximum absolute atomic E-state index is 12.4. The number of amides is 2. The average molecular weight is 401 g/mol. The van der Waals surface area contributed by atoms with Gasteiger partial charge in [0.25, 0.3) is 5.91 Å². The van der Waals surface area contributed by atoms with E-state index in [2.05, 4.69) is 10.0 Å². The highest BCUT2D eigenvalue weighted by molar-refractivity contribution is 7.89. The molecule has 2 aromatic carbocycles. The number of hydrogen-bond acceptors (Lipinski definition) is 4. The van der Waals surface area contributed by atoms with E-state index in [0.717, 1.165) is 12.1 Å². The lowest BCUT2D eigenvalue weighted by molar-refractivity contribution is -0.117. The van der Waals surface area contributed by atoms with E-state index in [4.69, 9.17) is 0 Å². The zero-order valence-electron chi connectivity index (χ0n) is 15.8. The molecule has 0 aliphatic carbocycles. The lowest BCUT2D eigenvalue weighted by Crippen LogP contribution is -2.30. The highest BCUT2D eigenvalue weighted by Gasteiger charge is 2.21. The first-order chi connectivity index (χ1) is 13.3. The van der Waals surface area contributed by atoms with Crippen LogP contribution in [0.15, 0.2) is 53.4 Å². The van der Waals surface area contributed by atoms with E-state index < -0.39 is 10.0 Å². The molecular weight excluding hydrogens is 378 g/mol. The number of nitrogens with zero attached hydrogens (tertiary/aromatic N) is 1. The predicted octanol–water partition coefficient (Wildman–Crippen LogP) is 2.75. The topological polar surface area (TPSA) is 95.6 Å². The molecule has 1 heterocycles. The highest BCUT2D eigenvalue weighted by atomic mass is 32.2. The molecule has 2 N–H and O–H groups in total. The van der Waals surface area contributed by atoms with Gasteiger partial charge in [-0.15, -0.1) is 0 Å². The van der Waals surface area contributed by atoms with Gasteiger partial charge in [-0.3, -0.25) is 9.59 Å². The molecule has 7 nitrogen and oxygen atoms in total. The summed E-state index contributed by atoms with van der Waals surface area (Å²) in [6.45, 7) is 4.19. The van der Waals surface area contributed by atoms with Gasteiger partial charge in [0, 0.05) is 35.9 Å². The Labute approximate surface area is 164 Å². The second kappa shape index (κ2) is 8.12. The van der Waals surface area contributed by atoms with Gasteiger partial charge in [-0.1, -0.05) is 0 Å². The fraction of sp³-hybridized carbons (Fsp3) is 0.300. The van der Waals surface area contributed by atoms with Crippen LogP contribution < -0.4 is 14.9 Å². The summed E-state index contributed by atoms with van der Waals surface area (Å²) in [7, 11) is -3.57. The van der Waals surface area contributed by atoms with Crippen molar-refractivity contribution in [3.05, 3.63) is 54.1 Å². The van der Waals surface area contributed by atoms with Gasteiger partial charge in [-0.05, 0) is 68.8 Å². The van der Waals surface area contributed by atoms with Crippen LogP contribution in [0.4, 0.5) is 11.4 Å². The molecule has 2 amide bonds. The van der Waals surface area contributed by atoms with Gasteiger partial charge in [0.2, 0.25) is 15.9 Å². The van der Waals surface area contributed by atoms with E-state index in [0.29, 0.717) is 24.2 Å². The van der Waals surface area contributed by atoms with Crippen molar-refractivity contribution in [3.8, 4) is 0 Å². The summed E-state index contributed by atoms with van der Waals surface area (Å²) in [4.78, 5) is 26.1. The fourth-order valence-corrected chi connectivity index (χ4v) is 4.26. The number of benzene rings is 2. The molecule has 0 saturated carbocycles. The third-order valence-corrected chi connectivity index (χ3v) is 6.00. The third kappa shape index (κ3) is 4.58. The smallest absolute Gasteiger partial charge is 0.255 e. The molecule has 1 aliphatic heterocycles. The Balaban J connectivity index is 1.67. The number of carbonyl (C=O) groups excluding carboxylic acids is 2. The zero-order valence-corrected chi connectivity index (χ0v) is 16.6. The number of anilines is 2. The molecule has 1 fully saturated rings. The second-order valence-electron chi connectivity index (χ2n) is 6.95. The first kappa shape index (κ1) is 20.0. The minimum atomic E-state index is -3.57.